The van der Waals surface area contributed by atoms with E-state index in [1.165, 1.54) is 0 Å². The summed E-state index contributed by atoms with van der Waals surface area (Å²) in [5.74, 6) is -1.54. The molecule has 2 amide bonds. The summed E-state index contributed by atoms with van der Waals surface area (Å²) in [6.07, 6.45) is 0.659. The summed E-state index contributed by atoms with van der Waals surface area (Å²) in [4.78, 5) is 11.7. The molecule has 1 saturated heterocycles. The van der Waals surface area contributed by atoms with Crippen LogP contribution in [0.15, 0.2) is 18.2 Å². The Labute approximate surface area is 134 Å². The Morgan fingerprint density at radius 2 is 2.00 bits per heavy atom. The maximum Gasteiger partial charge on any atom is 0.315 e. The Kier molecular flexibility index (Phi) is 5.90. The zero-order chi connectivity index (χ0) is 16.9. The van der Waals surface area contributed by atoms with E-state index in [2.05, 4.69) is 10.6 Å². The van der Waals surface area contributed by atoms with Crippen LogP contribution in [0.4, 0.5) is 13.6 Å². The molecule has 1 heterocycles. The highest BCUT2D eigenvalue weighted by Gasteiger charge is 2.32. The van der Waals surface area contributed by atoms with E-state index in [4.69, 9.17) is 9.47 Å². The minimum Gasteiger partial charge on any atom is -0.348 e. The molecule has 2 rings (SSSR count). The molecule has 23 heavy (non-hydrogen) atoms. The highest BCUT2D eigenvalue weighted by atomic mass is 19.1. The number of amides is 2. The van der Waals surface area contributed by atoms with Gasteiger partial charge in [-0.25, -0.2) is 13.6 Å². The SMILES string of the molecule is CC(CNC(=O)NCc1cc(F)ccc1F)CC1(C)OCCO1. The van der Waals surface area contributed by atoms with E-state index in [9.17, 15) is 13.6 Å². The quantitative estimate of drug-likeness (QED) is 0.844. The Bertz CT molecular complexity index is 548. The summed E-state index contributed by atoms with van der Waals surface area (Å²) >= 11 is 0. The van der Waals surface area contributed by atoms with Gasteiger partial charge in [0.2, 0.25) is 0 Å². The first-order valence-electron chi connectivity index (χ1n) is 7.61. The van der Waals surface area contributed by atoms with Crippen molar-refractivity contribution in [3.8, 4) is 0 Å². The standard InChI is InChI=1S/C16H22F2N2O3/c1-11(8-16(2)22-5-6-23-16)9-19-15(21)20-10-12-7-13(17)3-4-14(12)18/h3-4,7,11H,5-6,8-10H2,1-2H3,(H2,19,20,21). The van der Waals surface area contributed by atoms with Gasteiger partial charge in [-0.1, -0.05) is 6.92 Å². The second-order valence-electron chi connectivity index (χ2n) is 5.94. The normalized spacial score (nSPS) is 17.7. The fourth-order valence-corrected chi connectivity index (χ4v) is 2.56. The van der Waals surface area contributed by atoms with Crippen LogP contribution in [-0.4, -0.2) is 31.6 Å². The molecule has 5 nitrogen and oxygen atoms in total. The number of benzene rings is 1. The van der Waals surface area contributed by atoms with E-state index in [-0.39, 0.29) is 18.0 Å². The van der Waals surface area contributed by atoms with E-state index in [0.717, 1.165) is 18.2 Å². The van der Waals surface area contributed by atoms with Crippen LogP contribution < -0.4 is 10.6 Å². The fourth-order valence-electron chi connectivity index (χ4n) is 2.56. The number of carbonyl (C=O) groups is 1. The molecular weight excluding hydrogens is 306 g/mol. The number of ether oxygens (including phenoxy) is 2. The molecule has 0 radical (unpaired) electrons. The molecule has 1 atom stereocenters. The van der Waals surface area contributed by atoms with Gasteiger partial charge in [-0.2, -0.15) is 0 Å². The minimum atomic E-state index is -0.595. The van der Waals surface area contributed by atoms with Crippen LogP contribution in [0.5, 0.6) is 0 Å². The Morgan fingerprint density at radius 1 is 1.30 bits per heavy atom. The van der Waals surface area contributed by atoms with Crippen LogP contribution in [-0.2, 0) is 16.0 Å². The zero-order valence-corrected chi connectivity index (χ0v) is 13.3. The lowest BCUT2D eigenvalue weighted by atomic mass is 10.0. The average molecular weight is 328 g/mol. The van der Waals surface area contributed by atoms with E-state index in [0.29, 0.717) is 26.2 Å². The molecule has 2 N–H and O–H groups in total. The van der Waals surface area contributed by atoms with E-state index >= 15 is 0 Å². The summed E-state index contributed by atoms with van der Waals surface area (Å²) < 4.78 is 37.5. The third-order valence-corrected chi connectivity index (χ3v) is 3.68. The lowest BCUT2D eigenvalue weighted by molar-refractivity contribution is -0.153. The lowest BCUT2D eigenvalue weighted by Gasteiger charge is -2.26. The Balaban J connectivity index is 1.71. The van der Waals surface area contributed by atoms with Gasteiger partial charge in [0, 0.05) is 25.1 Å². The van der Waals surface area contributed by atoms with Gasteiger partial charge in [0.1, 0.15) is 11.6 Å². The van der Waals surface area contributed by atoms with Crippen molar-refractivity contribution in [2.24, 2.45) is 5.92 Å². The summed E-state index contributed by atoms with van der Waals surface area (Å²) in [7, 11) is 0. The second kappa shape index (κ2) is 7.70. The van der Waals surface area contributed by atoms with Crippen LogP contribution >= 0.6 is 0 Å². The summed E-state index contributed by atoms with van der Waals surface area (Å²) in [5, 5.41) is 5.21. The van der Waals surface area contributed by atoms with Crippen molar-refractivity contribution < 1.29 is 23.0 Å². The molecule has 0 saturated carbocycles. The molecule has 128 valence electrons. The smallest absolute Gasteiger partial charge is 0.315 e. The predicted molar refractivity (Wildman–Crippen MR) is 80.7 cm³/mol. The van der Waals surface area contributed by atoms with Gasteiger partial charge >= 0.3 is 6.03 Å². The van der Waals surface area contributed by atoms with Crippen LogP contribution in [0.25, 0.3) is 0 Å². The number of rotatable bonds is 6. The van der Waals surface area contributed by atoms with Crippen molar-refractivity contribution in [2.75, 3.05) is 19.8 Å². The molecule has 1 unspecified atom stereocenters. The van der Waals surface area contributed by atoms with Crippen LogP contribution in [0.1, 0.15) is 25.8 Å². The van der Waals surface area contributed by atoms with Crippen molar-refractivity contribution in [3.05, 3.63) is 35.4 Å². The lowest BCUT2D eigenvalue weighted by Crippen LogP contribution is -2.39. The molecule has 1 aliphatic heterocycles. The van der Waals surface area contributed by atoms with Gasteiger partial charge in [0.15, 0.2) is 5.79 Å². The highest BCUT2D eigenvalue weighted by molar-refractivity contribution is 5.73. The first kappa shape index (κ1) is 17.6. The van der Waals surface area contributed by atoms with Crippen molar-refractivity contribution in [1.29, 1.82) is 0 Å². The van der Waals surface area contributed by atoms with Crippen molar-refractivity contribution in [1.82, 2.24) is 10.6 Å². The average Bonchev–Trinajstić information content (AvgIpc) is 2.92. The zero-order valence-electron chi connectivity index (χ0n) is 13.3. The molecule has 1 aromatic rings. The number of urea groups is 1. The molecule has 1 fully saturated rings. The van der Waals surface area contributed by atoms with Crippen LogP contribution in [0, 0.1) is 17.6 Å². The minimum absolute atomic E-state index is 0.0756. The van der Waals surface area contributed by atoms with Crippen LogP contribution in [0.2, 0.25) is 0 Å². The van der Waals surface area contributed by atoms with Crippen molar-refractivity contribution >= 4 is 6.03 Å². The van der Waals surface area contributed by atoms with E-state index in [1.807, 2.05) is 13.8 Å². The van der Waals surface area contributed by atoms with Gasteiger partial charge in [-0.05, 0) is 31.0 Å². The van der Waals surface area contributed by atoms with Gasteiger partial charge in [0.25, 0.3) is 0 Å². The number of hydrogen-bond acceptors (Lipinski definition) is 3. The maximum absolute atomic E-state index is 13.4. The maximum atomic E-state index is 13.4. The number of hydrogen-bond donors (Lipinski definition) is 2. The molecule has 0 aromatic heterocycles. The van der Waals surface area contributed by atoms with Gasteiger partial charge in [-0.3, -0.25) is 0 Å². The molecule has 0 spiro atoms. The number of carbonyl (C=O) groups excluding carboxylic acids is 1. The predicted octanol–water partition coefficient (Wildman–Crippen LogP) is 2.55. The van der Waals surface area contributed by atoms with Gasteiger partial charge < -0.3 is 20.1 Å². The largest absolute Gasteiger partial charge is 0.348 e. The summed E-state index contributed by atoms with van der Waals surface area (Å²) in [6.45, 7) is 5.37. The number of halogens is 2. The highest BCUT2D eigenvalue weighted by Crippen LogP contribution is 2.26. The molecule has 1 aliphatic rings. The third-order valence-electron chi connectivity index (χ3n) is 3.68. The molecular formula is C16H22F2N2O3. The second-order valence-corrected chi connectivity index (χ2v) is 5.94. The fraction of sp³-hybridized carbons (Fsp3) is 0.562. The van der Waals surface area contributed by atoms with Gasteiger partial charge in [-0.15, -0.1) is 0 Å². The molecule has 0 bridgehead atoms. The summed E-state index contributed by atoms with van der Waals surface area (Å²) in [5.41, 5.74) is 0.105. The third kappa shape index (κ3) is 5.44. The summed E-state index contributed by atoms with van der Waals surface area (Å²) in [6, 6.07) is 2.70. The monoisotopic (exact) mass is 328 g/mol. The van der Waals surface area contributed by atoms with Gasteiger partial charge in [0.05, 0.1) is 13.2 Å². The van der Waals surface area contributed by atoms with Crippen molar-refractivity contribution in [2.45, 2.75) is 32.6 Å². The molecule has 7 heteroatoms. The topological polar surface area (TPSA) is 59.6 Å². The molecule has 1 aromatic carbocycles. The van der Waals surface area contributed by atoms with Crippen molar-refractivity contribution in [3.63, 3.8) is 0 Å². The van der Waals surface area contributed by atoms with Crippen LogP contribution in [0.3, 0.4) is 0 Å². The Hall–Kier alpha value is -1.73. The van der Waals surface area contributed by atoms with E-state index in [1.54, 1.807) is 0 Å². The first-order valence-corrected chi connectivity index (χ1v) is 7.61. The van der Waals surface area contributed by atoms with E-state index < -0.39 is 23.5 Å². The number of nitrogens with one attached hydrogen (secondary N) is 2. The first-order chi connectivity index (χ1) is 10.9. The molecule has 0 aliphatic carbocycles. The Morgan fingerprint density at radius 3 is 2.70 bits per heavy atom.